The highest BCUT2D eigenvalue weighted by Crippen LogP contribution is 2.42. The summed E-state index contributed by atoms with van der Waals surface area (Å²) in [5.41, 5.74) is 6.21. The fraction of sp³-hybridized carbons (Fsp3) is 0. The Morgan fingerprint density at radius 3 is 1.31 bits per heavy atom. The van der Waals surface area contributed by atoms with Crippen molar-refractivity contribution in [1.29, 1.82) is 0 Å². The van der Waals surface area contributed by atoms with Gasteiger partial charge in [-0.2, -0.15) is 0 Å². The van der Waals surface area contributed by atoms with E-state index in [-0.39, 0.29) is 20.4 Å². The van der Waals surface area contributed by atoms with Gasteiger partial charge in [0.1, 0.15) is 0 Å². The summed E-state index contributed by atoms with van der Waals surface area (Å²) >= 11 is 0. The average molecular weight is 409 g/mol. The van der Waals surface area contributed by atoms with Gasteiger partial charge in [0.25, 0.3) is 0 Å². The monoisotopic (exact) mass is 409 g/mol. The molecule has 0 aliphatic heterocycles. The van der Waals surface area contributed by atoms with Gasteiger partial charge < -0.3 is 5.73 Å². The molecule has 134 valence electrons. The molecule has 0 atom stereocenters. The van der Waals surface area contributed by atoms with Crippen LogP contribution in [0.25, 0.3) is 32.3 Å². The Hall–Kier alpha value is -2.43. The van der Waals surface area contributed by atoms with Crippen molar-refractivity contribution in [1.82, 2.24) is 0 Å². The van der Waals surface area contributed by atoms with Crippen LogP contribution in [0.3, 0.4) is 0 Å². The summed E-state index contributed by atoms with van der Waals surface area (Å²) in [6.07, 6.45) is 0. The molecular weight excluding hydrogens is 398 g/mol. The van der Waals surface area contributed by atoms with Crippen LogP contribution in [0.5, 0.6) is 0 Å². The predicted octanol–water partition coefficient (Wildman–Crippen LogP) is 1.08. The van der Waals surface area contributed by atoms with E-state index in [1.807, 2.05) is 0 Å². The van der Waals surface area contributed by atoms with Crippen molar-refractivity contribution < 1.29 is 25.3 Å². The van der Waals surface area contributed by atoms with E-state index in [0.717, 1.165) is 6.07 Å². The Balaban J connectivity index is 2.46. The highest BCUT2D eigenvalue weighted by Gasteiger charge is 2.19. The standard InChI is InChI=1S/C16H11NO6S3/c17-11-5-12(24(18)19)8-3-4-10-14(26(22)23)6-13(25(20)21)9-2-1-7(11)15(8)16(9)10/h1-6,24-26H,17H2. The number of nitrogens with two attached hydrogens (primary N) is 1. The molecule has 0 amide bonds. The van der Waals surface area contributed by atoms with Crippen molar-refractivity contribution in [2.45, 2.75) is 14.7 Å². The molecule has 0 radical (unpaired) electrons. The molecule has 0 aromatic heterocycles. The molecule has 0 aliphatic rings. The van der Waals surface area contributed by atoms with E-state index in [9.17, 15) is 25.3 Å². The molecule has 4 aromatic carbocycles. The van der Waals surface area contributed by atoms with E-state index in [1.165, 1.54) is 18.2 Å². The van der Waals surface area contributed by atoms with Gasteiger partial charge in [0.2, 0.25) is 0 Å². The highest BCUT2D eigenvalue weighted by atomic mass is 32.2. The SMILES string of the molecule is Nc1cc([SH](=O)=O)c2ccc3c([SH](=O)=O)cc([SH](=O)=O)c4ccc1c2c43. The van der Waals surface area contributed by atoms with E-state index in [1.54, 1.807) is 12.1 Å². The molecular formula is C16H11NO6S3. The van der Waals surface area contributed by atoms with Crippen LogP contribution in [0.1, 0.15) is 0 Å². The maximum Gasteiger partial charge on any atom is 0.168 e. The molecule has 7 nitrogen and oxygen atoms in total. The van der Waals surface area contributed by atoms with Crippen molar-refractivity contribution in [3.63, 3.8) is 0 Å². The van der Waals surface area contributed by atoms with Crippen LogP contribution < -0.4 is 5.73 Å². The number of anilines is 1. The van der Waals surface area contributed by atoms with Crippen LogP contribution in [0.4, 0.5) is 5.69 Å². The van der Waals surface area contributed by atoms with Crippen molar-refractivity contribution >= 4 is 70.1 Å². The van der Waals surface area contributed by atoms with Gasteiger partial charge in [-0.3, -0.25) is 0 Å². The maximum atomic E-state index is 11.7. The van der Waals surface area contributed by atoms with Gasteiger partial charge in [0.15, 0.2) is 32.1 Å². The van der Waals surface area contributed by atoms with Crippen molar-refractivity contribution in [3.05, 3.63) is 36.4 Å². The zero-order chi connectivity index (χ0) is 18.7. The first kappa shape index (κ1) is 17.0. The van der Waals surface area contributed by atoms with E-state index in [0.29, 0.717) is 32.3 Å². The van der Waals surface area contributed by atoms with Crippen LogP contribution in [-0.4, -0.2) is 25.3 Å². The Bertz CT molecular complexity index is 1400. The maximum absolute atomic E-state index is 11.7. The second kappa shape index (κ2) is 5.79. The summed E-state index contributed by atoms with van der Waals surface area (Å²) in [6, 6.07) is 8.64. The molecule has 0 aliphatic carbocycles. The third-order valence-electron chi connectivity index (χ3n) is 4.46. The lowest BCUT2D eigenvalue weighted by atomic mass is 9.93. The van der Waals surface area contributed by atoms with Gasteiger partial charge in [-0.1, -0.05) is 24.3 Å². The number of benzene rings is 4. The number of hydrogen-bond acceptors (Lipinski definition) is 7. The molecule has 4 rings (SSSR count). The lowest BCUT2D eigenvalue weighted by molar-refractivity contribution is 0.612. The second-order valence-electron chi connectivity index (χ2n) is 5.74. The fourth-order valence-corrected chi connectivity index (χ4v) is 5.38. The van der Waals surface area contributed by atoms with Crippen molar-refractivity contribution in [2.24, 2.45) is 0 Å². The third kappa shape index (κ3) is 2.26. The molecule has 0 spiro atoms. The second-order valence-corrected chi connectivity index (χ2v) is 8.73. The van der Waals surface area contributed by atoms with E-state index in [2.05, 4.69) is 0 Å². The van der Waals surface area contributed by atoms with Gasteiger partial charge in [-0.15, -0.1) is 0 Å². The van der Waals surface area contributed by atoms with Crippen LogP contribution in [0.2, 0.25) is 0 Å². The summed E-state index contributed by atoms with van der Waals surface area (Å²) < 4.78 is 70.0. The topological polar surface area (TPSA) is 128 Å². The Morgan fingerprint density at radius 2 is 0.885 bits per heavy atom. The first-order valence-electron chi connectivity index (χ1n) is 7.28. The van der Waals surface area contributed by atoms with Gasteiger partial charge in [0, 0.05) is 38.0 Å². The summed E-state index contributed by atoms with van der Waals surface area (Å²) in [5.74, 6) is 0. The largest absolute Gasteiger partial charge is 0.398 e. The Morgan fingerprint density at radius 1 is 0.538 bits per heavy atom. The molecule has 10 heteroatoms. The summed E-state index contributed by atoms with van der Waals surface area (Å²) in [4.78, 5) is -0.262. The lowest BCUT2D eigenvalue weighted by Gasteiger charge is -2.15. The predicted molar refractivity (Wildman–Crippen MR) is 100 cm³/mol. The smallest absolute Gasteiger partial charge is 0.168 e. The lowest BCUT2D eigenvalue weighted by Crippen LogP contribution is -1.97. The fourth-order valence-electron chi connectivity index (χ4n) is 3.42. The van der Waals surface area contributed by atoms with Gasteiger partial charge in [0.05, 0.1) is 14.7 Å². The van der Waals surface area contributed by atoms with E-state index >= 15 is 0 Å². The van der Waals surface area contributed by atoms with Crippen LogP contribution in [0, 0.1) is 0 Å². The number of hydrogen-bond donors (Lipinski definition) is 4. The van der Waals surface area contributed by atoms with Gasteiger partial charge >= 0.3 is 0 Å². The Labute approximate surface area is 152 Å². The Kier molecular flexibility index (Phi) is 3.79. The molecule has 26 heavy (non-hydrogen) atoms. The molecule has 0 saturated carbocycles. The molecule has 0 bridgehead atoms. The third-order valence-corrected chi connectivity index (χ3v) is 6.75. The van der Waals surface area contributed by atoms with Gasteiger partial charge in [-0.25, -0.2) is 25.3 Å². The first-order valence-corrected chi connectivity index (χ1v) is 10.8. The summed E-state index contributed by atoms with van der Waals surface area (Å²) in [6.45, 7) is 0. The van der Waals surface area contributed by atoms with E-state index < -0.39 is 32.1 Å². The number of nitrogen functional groups attached to an aromatic ring is 1. The highest BCUT2D eigenvalue weighted by molar-refractivity contribution is 7.73. The van der Waals surface area contributed by atoms with Crippen LogP contribution >= 0.6 is 0 Å². The molecule has 0 saturated heterocycles. The summed E-state index contributed by atoms with van der Waals surface area (Å²) in [7, 11) is -9.07. The zero-order valence-electron chi connectivity index (χ0n) is 12.8. The van der Waals surface area contributed by atoms with Crippen LogP contribution in [0.15, 0.2) is 51.1 Å². The quantitative estimate of drug-likeness (QED) is 0.226. The molecule has 0 heterocycles. The number of rotatable bonds is 3. The molecule has 4 aromatic rings. The average Bonchev–Trinajstić information content (AvgIpc) is 2.59. The minimum Gasteiger partial charge on any atom is -0.398 e. The van der Waals surface area contributed by atoms with Crippen LogP contribution in [-0.2, 0) is 32.1 Å². The first-order chi connectivity index (χ1) is 12.3. The molecule has 0 fully saturated rings. The molecule has 0 unspecified atom stereocenters. The minimum atomic E-state index is -3.06. The normalized spacial score (nSPS) is 12.4. The molecule has 2 N–H and O–H groups in total. The summed E-state index contributed by atoms with van der Waals surface area (Å²) in [5, 5.41) is 2.36. The van der Waals surface area contributed by atoms with Crippen molar-refractivity contribution in [2.75, 3.05) is 5.73 Å². The van der Waals surface area contributed by atoms with E-state index in [4.69, 9.17) is 5.73 Å². The van der Waals surface area contributed by atoms with Gasteiger partial charge in [-0.05, 0) is 12.1 Å². The minimum absolute atomic E-state index is 0.00405. The van der Waals surface area contributed by atoms with Crippen molar-refractivity contribution in [3.8, 4) is 0 Å². The number of thiol groups is 3. The zero-order valence-corrected chi connectivity index (χ0v) is 15.5.